The number of piperidine rings is 1. The molecule has 0 radical (unpaired) electrons. The number of hydrogen-bond acceptors (Lipinski definition) is 5. The largest absolute Gasteiger partial charge is 0.361 e. The summed E-state index contributed by atoms with van der Waals surface area (Å²) in [4.78, 5) is 5.23. The van der Waals surface area contributed by atoms with Gasteiger partial charge in [0.1, 0.15) is 22.3 Å². The topological polar surface area (TPSA) is 50.3 Å². The molecular formula is C23H36ClN5O. The van der Waals surface area contributed by atoms with Gasteiger partial charge >= 0.3 is 0 Å². The summed E-state index contributed by atoms with van der Waals surface area (Å²) in [5.41, 5.74) is 3.60. The smallest absolute Gasteiger partial charge is 0.134 e. The molecule has 30 heavy (non-hydrogen) atoms. The van der Waals surface area contributed by atoms with Crippen molar-refractivity contribution in [2.24, 2.45) is 17.9 Å². The maximum absolute atomic E-state index is 6.61. The van der Waals surface area contributed by atoms with Gasteiger partial charge in [0.25, 0.3) is 0 Å². The summed E-state index contributed by atoms with van der Waals surface area (Å²) in [6.45, 7) is 15.8. The molecule has 7 heteroatoms. The molecule has 0 unspecified atom stereocenters. The van der Waals surface area contributed by atoms with E-state index in [0.29, 0.717) is 16.0 Å². The van der Waals surface area contributed by atoms with Gasteiger partial charge < -0.3 is 9.42 Å². The van der Waals surface area contributed by atoms with Gasteiger partial charge in [-0.1, -0.05) is 37.5 Å². The summed E-state index contributed by atoms with van der Waals surface area (Å²) < 4.78 is 7.01. The molecule has 1 spiro atoms. The molecule has 4 heterocycles. The third-order valence-electron chi connectivity index (χ3n) is 6.93. The second-order valence-corrected chi connectivity index (χ2v) is 11.0. The first-order valence-corrected chi connectivity index (χ1v) is 11.6. The van der Waals surface area contributed by atoms with Gasteiger partial charge in [-0.15, -0.1) is 0 Å². The summed E-state index contributed by atoms with van der Waals surface area (Å²) in [7, 11) is 1.89. The number of hydrogen-bond donors (Lipinski definition) is 0. The number of nitrogens with zero attached hydrogens (tertiary/aromatic N) is 5. The third kappa shape index (κ3) is 4.76. The predicted octanol–water partition coefficient (Wildman–Crippen LogP) is 4.76. The number of rotatable bonds is 5. The Bertz CT molecular complexity index is 873. The van der Waals surface area contributed by atoms with Crippen molar-refractivity contribution < 1.29 is 4.52 Å². The van der Waals surface area contributed by atoms with Crippen LogP contribution in [-0.2, 0) is 13.6 Å². The number of likely N-dealkylation sites (tertiary alicyclic amines) is 2. The van der Waals surface area contributed by atoms with Crippen LogP contribution in [0.3, 0.4) is 0 Å². The fourth-order valence-electron chi connectivity index (χ4n) is 4.90. The van der Waals surface area contributed by atoms with Crippen LogP contribution in [0.1, 0.15) is 57.8 Å². The summed E-state index contributed by atoms with van der Waals surface area (Å²) in [5.74, 6) is 0.787. The molecule has 0 aliphatic carbocycles. The first-order chi connectivity index (χ1) is 14.1. The van der Waals surface area contributed by atoms with Gasteiger partial charge in [0.2, 0.25) is 0 Å². The van der Waals surface area contributed by atoms with Crippen LogP contribution in [0.5, 0.6) is 0 Å². The lowest BCUT2D eigenvalue weighted by atomic mass is 9.77. The fraction of sp³-hybridized carbons (Fsp3) is 0.739. The van der Waals surface area contributed by atoms with E-state index in [0.717, 1.165) is 42.3 Å². The van der Waals surface area contributed by atoms with E-state index in [1.54, 1.807) is 4.68 Å². The molecule has 6 nitrogen and oxygen atoms in total. The van der Waals surface area contributed by atoms with Crippen molar-refractivity contribution >= 4 is 11.6 Å². The average Bonchev–Trinajstić information content (AvgIpc) is 3.36. The van der Waals surface area contributed by atoms with Gasteiger partial charge in [0.15, 0.2) is 0 Å². The van der Waals surface area contributed by atoms with E-state index >= 15 is 0 Å². The Labute approximate surface area is 185 Å². The van der Waals surface area contributed by atoms with Crippen molar-refractivity contribution in [1.29, 1.82) is 0 Å². The molecule has 2 aliphatic rings. The van der Waals surface area contributed by atoms with Crippen LogP contribution in [0.15, 0.2) is 10.6 Å². The van der Waals surface area contributed by atoms with Crippen LogP contribution in [0.25, 0.3) is 11.4 Å². The van der Waals surface area contributed by atoms with E-state index in [2.05, 4.69) is 40.8 Å². The monoisotopic (exact) mass is 433 g/mol. The highest BCUT2D eigenvalue weighted by Gasteiger charge is 2.40. The van der Waals surface area contributed by atoms with Crippen molar-refractivity contribution in [3.63, 3.8) is 0 Å². The van der Waals surface area contributed by atoms with Crippen molar-refractivity contribution in [3.8, 4) is 11.4 Å². The zero-order valence-corrected chi connectivity index (χ0v) is 19.9. The van der Waals surface area contributed by atoms with Crippen molar-refractivity contribution in [3.05, 3.63) is 22.5 Å². The van der Waals surface area contributed by atoms with Crippen LogP contribution in [-0.4, -0.2) is 57.5 Å². The quantitative estimate of drug-likeness (QED) is 0.680. The standard InChI is InChI=1S/C23H36ClN5O/c1-17-14-19(26-30-17)20-18(21(24)27(5)25-20)15-28-11-7-23(8-12-28)9-13-29(16-23)10-6-22(2,3)4/h14H,6-13,15-16H2,1-5H3. The Morgan fingerprint density at radius 1 is 1.13 bits per heavy atom. The Hall–Kier alpha value is -1.37. The lowest BCUT2D eigenvalue weighted by Crippen LogP contribution is -2.41. The Morgan fingerprint density at radius 3 is 2.40 bits per heavy atom. The number of aromatic nitrogens is 3. The van der Waals surface area contributed by atoms with E-state index in [1.165, 1.54) is 45.3 Å². The molecular weight excluding hydrogens is 398 g/mol. The predicted molar refractivity (Wildman–Crippen MR) is 121 cm³/mol. The van der Waals surface area contributed by atoms with Crippen LogP contribution >= 0.6 is 11.6 Å². The second kappa shape index (κ2) is 8.29. The maximum Gasteiger partial charge on any atom is 0.134 e. The molecule has 2 fully saturated rings. The minimum absolute atomic E-state index is 0.419. The molecule has 0 atom stereocenters. The highest BCUT2D eigenvalue weighted by Crippen LogP contribution is 2.41. The zero-order chi connectivity index (χ0) is 21.5. The zero-order valence-electron chi connectivity index (χ0n) is 19.2. The fourth-order valence-corrected chi connectivity index (χ4v) is 5.09. The van der Waals surface area contributed by atoms with Gasteiger partial charge in [-0.05, 0) is 69.6 Å². The van der Waals surface area contributed by atoms with Crippen LogP contribution in [0, 0.1) is 17.8 Å². The first kappa shape index (κ1) is 21.8. The Balaban J connectivity index is 1.37. The van der Waals surface area contributed by atoms with Gasteiger partial charge in [-0.25, -0.2) is 0 Å². The SMILES string of the molecule is Cc1cc(-c2nn(C)c(Cl)c2CN2CCC3(CC2)CCN(CCC(C)(C)C)C3)no1. The third-order valence-corrected chi connectivity index (χ3v) is 7.41. The molecule has 0 N–H and O–H groups in total. The van der Waals surface area contributed by atoms with Crippen molar-refractivity contribution in [2.75, 3.05) is 32.7 Å². The summed E-state index contributed by atoms with van der Waals surface area (Å²) in [6, 6.07) is 1.93. The summed E-state index contributed by atoms with van der Waals surface area (Å²) in [5, 5.41) is 9.47. The molecule has 2 aliphatic heterocycles. The normalized spacial score (nSPS) is 20.5. The Kier molecular flexibility index (Phi) is 6.03. The van der Waals surface area contributed by atoms with E-state index in [-0.39, 0.29) is 0 Å². The number of aryl methyl sites for hydroxylation is 2. The second-order valence-electron chi connectivity index (χ2n) is 10.7. The van der Waals surface area contributed by atoms with E-state index in [4.69, 9.17) is 16.1 Å². The van der Waals surface area contributed by atoms with Gasteiger partial charge in [-0.3, -0.25) is 9.58 Å². The van der Waals surface area contributed by atoms with E-state index in [9.17, 15) is 0 Å². The first-order valence-electron chi connectivity index (χ1n) is 11.2. The van der Waals surface area contributed by atoms with Gasteiger partial charge in [-0.2, -0.15) is 5.10 Å². The van der Waals surface area contributed by atoms with E-state index < -0.39 is 0 Å². The maximum atomic E-state index is 6.61. The molecule has 0 aromatic carbocycles. The minimum atomic E-state index is 0.419. The summed E-state index contributed by atoms with van der Waals surface area (Å²) >= 11 is 6.61. The summed E-state index contributed by atoms with van der Waals surface area (Å²) in [6.07, 6.45) is 5.17. The molecule has 166 valence electrons. The van der Waals surface area contributed by atoms with E-state index in [1.807, 2.05) is 20.0 Å². The van der Waals surface area contributed by atoms with Crippen molar-refractivity contribution in [1.82, 2.24) is 24.7 Å². The minimum Gasteiger partial charge on any atom is -0.361 e. The lowest BCUT2D eigenvalue weighted by Gasteiger charge is -2.39. The lowest BCUT2D eigenvalue weighted by molar-refractivity contribution is 0.101. The molecule has 0 bridgehead atoms. The van der Waals surface area contributed by atoms with Gasteiger partial charge in [0, 0.05) is 31.8 Å². The molecule has 0 saturated carbocycles. The molecule has 2 saturated heterocycles. The van der Waals surface area contributed by atoms with Crippen LogP contribution in [0.4, 0.5) is 0 Å². The molecule has 2 aromatic rings. The molecule has 2 aromatic heterocycles. The Morgan fingerprint density at radius 2 is 1.80 bits per heavy atom. The average molecular weight is 434 g/mol. The molecule has 4 rings (SSSR count). The van der Waals surface area contributed by atoms with Gasteiger partial charge in [0.05, 0.1) is 0 Å². The highest BCUT2D eigenvalue weighted by atomic mass is 35.5. The highest BCUT2D eigenvalue weighted by molar-refractivity contribution is 6.30. The molecule has 0 amide bonds. The van der Waals surface area contributed by atoms with Crippen LogP contribution < -0.4 is 0 Å². The number of halogens is 1. The van der Waals surface area contributed by atoms with Crippen molar-refractivity contribution in [2.45, 2.75) is 59.9 Å². The van der Waals surface area contributed by atoms with Crippen LogP contribution in [0.2, 0.25) is 5.15 Å².